The van der Waals surface area contributed by atoms with Gasteiger partial charge in [0.2, 0.25) is 0 Å². The van der Waals surface area contributed by atoms with Gasteiger partial charge in [-0.15, -0.1) is 0 Å². The summed E-state index contributed by atoms with van der Waals surface area (Å²) < 4.78 is 11.4. The number of thiol groups is 1. The van der Waals surface area contributed by atoms with E-state index in [1.165, 1.54) is 19.3 Å². The van der Waals surface area contributed by atoms with Crippen LogP contribution in [0.25, 0.3) is 0 Å². The Bertz CT molecular complexity index is 185. The first-order valence-electron chi connectivity index (χ1n) is 6.42. The third-order valence-corrected chi connectivity index (χ3v) is 4.10. The summed E-state index contributed by atoms with van der Waals surface area (Å²) in [6, 6.07) is 0. The molecular formula is C13H26O2S. The summed E-state index contributed by atoms with van der Waals surface area (Å²) >= 11 is 4.38. The van der Waals surface area contributed by atoms with E-state index >= 15 is 0 Å². The SMILES string of the molecule is COC1CCCC(OCC(CS)C(C)C)C1. The Balaban J connectivity index is 2.25. The van der Waals surface area contributed by atoms with E-state index in [4.69, 9.17) is 9.47 Å². The molecule has 0 aliphatic heterocycles. The maximum Gasteiger partial charge on any atom is 0.0600 e. The third kappa shape index (κ3) is 4.64. The fraction of sp³-hybridized carbons (Fsp3) is 1.00. The van der Waals surface area contributed by atoms with E-state index in [9.17, 15) is 0 Å². The molecule has 0 aromatic carbocycles. The molecular weight excluding hydrogens is 220 g/mol. The second kappa shape index (κ2) is 7.57. The molecule has 0 bridgehead atoms. The number of hydrogen-bond donors (Lipinski definition) is 1. The van der Waals surface area contributed by atoms with Gasteiger partial charge in [-0.3, -0.25) is 0 Å². The smallest absolute Gasteiger partial charge is 0.0600 e. The highest BCUT2D eigenvalue weighted by Gasteiger charge is 2.23. The molecule has 1 fully saturated rings. The Morgan fingerprint density at radius 3 is 2.50 bits per heavy atom. The van der Waals surface area contributed by atoms with Gasteiger partial charge in [0.05, 0.1) is 18.8 Å². The van der Waals surface area contributed by atoms with Crippen LogP contribution in [0.1, 0.15) is 39.5 Å². The summed E-state index contributed by atoms with van der Waals surface area (Å²) in [6.07, 6.45) is 5.49. The number of methoxy groups -OCH3 is 1. The van der Waals surface area contributed by atoms with Crippen molar-refractivity contribution in [1.82, 2.24) is 0 Å². The molecule has 1 aliphatic rings. The minimum Gasteiger partial charge on any atom is -0.381 e. The average molecular weight is 246 g/mol. The summed E-state index contributed by atoms with van der Waals surface area (Å²) in [5.74, 6) is 2.14. The number of ether oxygens (including phenoxy) is 2. The molecule has 0 N–H and O–H groups in total. The van der Waals surface area contributed by atoms with Gasteiger partial charge in [0, 0.05) is 7.11 Å². The molecule has 3 unspecified atom stereocenters. The Labute approximate surface area is 105 Å². The molecule has 96 valence electrons. The molecule has 3 heteroatoms. The van der Waals surface area contributed by atoms with Gasteiger partial charge in [0.15, 0.2) is 0 Å². The monoisotopic (exact) mass is 246 g/mol. The molecule has 3 atom stereocenters. The van der Waals surface area contributed by atoms with Gasteiger partial charge in [-0.05, 0) is 43.3 Å². The van der Waals surface area contributed by atoms with Crippen LogP contribution in [0.15, 0.2) is 0 Å². The van der Waals surface area contributed by atoms with Crippen molar-refractivity contribution >= 4 is 12.6 Å². The van der Waals surface area contributed by atoms with E-state index in [0.717, 1.165) is 18.8 Å². The summed E-state index contributed by atoms with van der Waals surface area (Å²) in [6.45, 7) is 5.33. The molecule has 1 rings (SSSR count). The Morgan fingerprint density at radius 2 is 1.94 bits per heavy atom. The second-order valence-corrected chi connectivity index (χ2v) is 5.53. The summed E-state index contributed by atoms with van der Waals surface area (Å²) in [5, 5.41) is 0. The maximum absolute atomic E-state index is 6.00. The molecule has 1 aliphatic carbocycles. The molecule has 2 nitrogen and oxygen atoms in total. The van der Waals surface area contributed by atoms with E-state index in [2.05, 4.69) is 26.5 Å². The Kier molecular flexibility index (Phi) is 6.78. The Morgan fingerprint density at radius 1 is 1.25 bits per heavy atom. The fourth-order valence-corrected chi connectivity index (χ4v) is 2.71. The van der Waals surface area contributed by atoms with E-state index in [1.807, 2.05) is 0 Å². The van der Waals surface area contributed by atoms with Crippen molar-refractivity contribution < 1.29 is 9.47 Å². The average Bonchev–Trinajstić information content (AvgIpc) is 2.29. The van der Waals surface area contributed by atoms with Crippen LogP contribution < -0.4 is 0 Å². The van der Waals surface area contributed by atoms with Gasteiger partial charge in [-0.2, -0.15) is 12.6 Å². The van der Waals surface area contributed by atoms with Crippen LogP contribution in [-0.4, -0.2) is 31.7 Å². The topological polar surface area (TPSA) is 18.5 Å². The molecule has 1 saturated carbocycles. The lowest BCUT2D eigenvalue weighted by Gasteiger charge is -2.30. The van der Waals surface area contributed by atoms with E-state index in [-0.39, 0.29) is 0 Å². The van der Waals surface area contributed by atoms with Crippen molar-refractivity contribution in [2.75, 3.05) is 19.5 Å². The molecule has 0 aromatic heterocycles. The zero-order valence-electron chi connectivity index (χ0n) is 10.8. The highest BCUT2D eigenvalue weighted by Crippen LogP contribution is 2.24. The van der Waals surface area contributed by atoms with Gasteiger partial charge >= 0.3 is 0 Å². The Hall–Kier alpha value is 0.270. The number of rotatable bonds is 6. The van der Waals surface area contributed by atoms with Crippen molar-refractivity contribution in [1.29, 1.82) is 0 Å². The van der Waals surface area contributed by atoms with Crippen molar-refractivity contribution in [3.8, 4) is 0 Å². The van der Waals surface area contributed by atoms with Crippen molar-refractivity contribution in [2.45, 2.75) is 51.7 Å². The lowest BCUT2D eigenvalue weighted by Crippen LogP contribution is -2.30. The van der Waals surface area contributed by atoms with Crippen molar-refractivity contribution in [3.63, 3.8) is 0 Å². The zero-order chi connectivity index (χ0) is 12.0. The molecule has 0 saturated heterocycles. The predicted molar refractivity (Wildman–Crippen MR) is 71.2 cm³/mol. The lowest BCUT2D eigenvalue weighted by atomic mass is 9.94. The molecule has 0 amide bonds. The van der Waals surface area contributed by atoms with E-state index < -0.39 is 0 Å². The number of hydrogen-bond acceptors (Lipinski definition) is 3. The first-order chi connectivity index (χ1) is 7.67. The minimum absolute atomic E-state index is 0.403. The highest BCUT2D eigenvalue weighted by atomic mass is 32.1. The van der Waals surface area contributed by atoms with E-state index in [1.54, 1.807) is 7.11 Å². The van der Waals surface area contributed by atoms with Gasteiger partial charge in [0.1, 0.15) is 0 Å². The summed E-state index contributed by atoms with van der Waals surface area (Å²) in [5.41, 5.74) is 0. The second-order valence-electron chi connectivity index (χ2n) is 5.17. The first kappa shape index (κ1) is 14.3. The standard InChI is InChI=1S/C13H26O2S/c1-10(2)11(9-16)8-15-13-6-4-5-12(7-13)14-3/h10-13,16H,4-9H2,1-3H3. The highest BCUT2D eigenvalue weighted by molar-refractivity contribution is 7.80. The first-order valence-corrected chi connectivity index (χ1v) is 7.05. The largest absolute Gasteiger partial charge is 0.381 e. The lowest BCUT2D eigenvalue weighted by molar-refractivity contribution is -0.0417. The van der Waals surface area contributed by atoms with Crippen molar-refractivity contribution in [2.24, 2.45) is 11.8 Å². The van der Waals surface area contributed by atoms with Gasteiger partial charge in [-0.25, -0.2) is 0 Å². The molecule has 0 heterocycles. The van der Waals surface area contributed by atoms with Crippen molar-refractivity contribution in [3.05, 3.63) is 0 Å². The molecule has 0 aromatic rings. The van der Waals surface area contributed by atoms with Gasteiger partial charge < -0.3 is 9.47 Å². The van der Waals surface area contributed by atoms with Crippen LogP contribution in [-0.2, 0) is 9.47 Å². The summed E-state index contributed by atoms with van der Waals surface area (Å²) in [4.78, 5) is 0. The zero-order valence-corrected chi connectivity index (χ0v) is 11.7. The van der Waals surface area contributed by atoms with Gasteiger partial charge in [0.25, 0.3) is 0 Å². The minimum atomic E-state index is 0.403. The molecule has 0 spiro atoms. The predicted octanol–water partition coefficient (Wildman–Crippen LogP) is 3.16. The molecule has 0 radical (unpaired) electrons. The van der Waals surface area contributed by atoms with Gasteiger partial charge in [-0.1, -0.05) is 13.8 Å². The van der Waals surface area contributed by atoms with Crippen LogP contribution in [0.2, 0.25) is 0 Å². The normalized spacial score (nSPS) is 28.3. The third-order valence-electron chi connectivity index (χ3n) is 3.63. The van der Waals surface area contributed by atoms with E-state index in [0.29, 0.717) is 24.0 Å². The van der Waals surface area contributed by atoms with Crippen LogP contribution in [0, 0.1) is 11.8 Å². The fourth-order valence-electron chi connectivity index (χ4n) is 2.18. The quantitative estimate of drug-likeness (QED) is 0.726. The summed E-state index contributed by atoms with van der Waals surface area (Å²) in [7, 11) is 1.80. The van der Waals surface area contributed by atoms with Crippen LogP contribution in [0.4, 0.5) is 0 Å². The van der Waals surface area contributed by atoms with Crippen LogP contribution >= 0.6 is 12.6 Å². The van der Waals surface area contributed by atoms with Crippen LogP contribution in [0.3, 0.4) is 0 Å². The van der Waals surface area contributed by atoms with Crippen LogP contribution in [0.5, 0.6) is 0 Å². The maximum atomic E-state index is 6.00. The molecule has 16 heavy (non-hydrogen) atoms.